The molecule has 130 heavy (non-hydrogen) atoms. The van der Waals surface area contributed by atoms with Crippen LogP contribution in [0.3, 0.4) is 0 Å². The largest absolute Gasteiger partial charge is 0.475 e. The van der Waals surface area contributed by atoms with E-state index in [0.29, 0.717) is 45.4 Å². The molecule has 0 aromatic heterocycles. The van der Waals surface area contributed by atoms with Gasteiger partial charge in [-0.25, -0.2) is 0 Å². The first-order valence-corrected chi connectivity index (χ1v) is 49.3. The van der Waals surface area contributed by atoms with Crippen molar-refractivity contribution in [1.29, 1.82) is 0 Å². The van der Waals surface area contributed by atoms with Crippen molar-refractivity contribution in [3.8, 4) is 74.0 Å². The Balaban J connectivity index is 0.000000207. The molecule has 0 atom stereocenters. The third-order valence-electron chi connectivity index (χ3n) is 18.0. The van der Waals surface area contributed by atoms with E-state index in [1.54, 1.807) is 84.9 Å². The molecule has 32 heteroatoms. The van der Waals surface area contributed by atoms with Crippen LogP contribution in [-0.2, 0) is 82.3 Å². The Morgan fingerprint density at radius 1 is 0.231 bits per heavy atom. The Morgan fingerprint density at radius 2 is 0.415 bits per heavy atom. The topological polar surface area (TPSA) is 408 Å². The third-order valence-corrected chi connectivity index (χ3v) is 23.3. The van der Waals surface area contributed by atoms with Crippen molar-refractivity contribution in [2.45, 2.75) is 79.6 Å². The minimum atomic E-state index is -4.15. The molecule has 14 rings (SSSR count). The van der Waals surface area contributed by atoms with Crippen molar-refractivity contribution in [3.63, 3.8) is 0 Å². The predicted molar refractivity (Wildman–Crippen MR) is 502 cm³/mol. The van der Waals surface area contributed by atoms with Gasteiger partial charge in [0.2, 0.25) is 5.94 Å². The van der Waals surface area contributed by atoms with Crippen molar-refractivity contribution >= 4 is 83.0 Å². The summed E-state index contributed by atoms with van der Waals surface area (Å²) in [5, 5.41) is 0. The first kappa shape index (κ1) is 106. The SMILES string of the molecule is Cc1ccc(-c2ccc(CS(=O)(=O)O)cc2)cc1.Cc1ccc(-c2ccc(OCS(=O)(=O)O)cc2)cc1.Cc1ccc(-c2ccc(S(=O)(=O)O)cc2)cc1.Cc1ccc(C#Cc2ccc(S(=O)(=O)O)cc2)cc1.Cc1ccc(C=Cc2ccc(S(=O)(=O)O)cc2)cc1.Cc1ccc(Oc2ccc(CS(=O)(=O)O)cc2)cc1.Cc1ccc(Oc2ccc(S(=O)(=O)O)cc2)cc1.[Xe]. The number of aryl methyl sites for hydroxylation is 7. The molecular formula is C98H92O24S7Xe. The van der Waals surface area contributed by atoms with Crippen molar-refractivity contribution in [3.05, 3.63) is 412 Å². The third kappa shape index (κ3) is 39.6. The molecule has 24 nitrogen and oxygen atoms in total. The van der Waals surface area contributed by atoms with Gasteiger partial charge in [-0.05, 0) is 238 Å². The fraction of sp³-hybridized carbons (Fsp3) is 0.102. The number of ether oxygens (including phenoxy) is 3. The van der Waals surface area contributed by atoms with Crippen LogP contribution >= 0.6 is 0 Å². The molecule has 678 valence electrons. The number of rotatable bonds is 20. The zero-order valence-electron chi connectivity index (χ0n) is 70.9. The van der Waals surface area contributed by atoms with Crippen molar-refractivity contribution in [2.24, 2.45) is 0 Å². The molecule has 0 saturated heterocycles. The van der Waals surface area contributed by atoms with Crippen molar-refractivity contribution in [2.75, 3.05) is 5.94 Å². The van der Waals surface area contributed by atoms with Gasteiger partial charge in [-0.15, -0.1) is 0 Å². The summed E-state index contributed by atoms with van der Waals surface area (Å²) >= 11 is 0. The van der Waals surface area contributed by atoms with Gasteiger partial charge < -0.3 is 14.2 Å². The maximum absolute atomic E-state index is 10.9. The molecule has 7 N–H and O–H groups in total. The monoisotopic (exact) mass is 2010 g/mol. The van der Waals surface area contributed by atoms with Crippen LogP contribution in [0.15, 0.2) is 359 Å². The molecular weight excluding hydrogens is 1920 g/mol. The van der Waals surface area contributed by atoms with Gasteiger partial charge in [-0.1, -0.05) is 269 Å². The molecule has 0 aliphatic carbocycles. The summed E-state index contributed by atoms with van der Waals surface area (Å²) in [5.74, 6) is 7.34. The van der Waals surface area contributed by atoms with Crippen molar-refractivity contribution in [1.82, 2.24) is 0 Å². The molecule has 0 saturated carbocycles. The summed E-state index contributed by atoms with van der Waals surface area (Å²) < 4.78 is 229. The second kappa shape index (κ2) is 49.1. The minimum Gasteiger partial charge on any atom is -0.475 e. The van der Waals surface area contributed by atoms with E-state index in [0.717, 1.165) is 61.2 Å². The molecule has 0 radical (unpaired) electrons. The van der Waals surface area contributed by atoms with Crippen LogP contribution in [0.4, 0.5) is 0 Å². The Kier molecular flexibility index (Phi) is 40.0. The summed E-state index contributed by atoms with van der Waals surface area (Å²) in [5.41, 5.74) is 18.9. The van der Waals surface area contributed by atoms with E-state index in [-0.39, 0.29) is 74.2 Å². The van der Waals surface area contributed by atoms with Gasteiger partial charge >= 0.3 is 10.1 Å². The fourth-order valence-electron chi connectivity index (χ4n) is 11.1. The second-order valence-corrected chi connectivity index (χ2v) is 38.9. The Hall–Kier alpha value is -11.3. The molecule has 0 bridgehead atoms. The molecule has 0 fully saturated rings. The Morgan fingerprint density at radius 3 is 0.692 bits per heavy atom. The van der Waals surface area contributed by atoms with Gasteiger partial charge in [0.25, 0.3) is 60.7 Å². The zero-order valence-corrected chi connectivity index (χ0v) is 78.6. The standard InChI is InChI=1S/C15H14O3S.C15H12O3S.2C14H14O4S.C14H14O3S.C13H12O4S.C13H12O3S.Xe/c2*1-12-2-4-13(5-3-12)6-7-14-8-10-15(11-9-14)19(16,17)18;1-11-2-6-13(7-3-11)18-14-8-4-12(5-9-14)10-19(15,16)17;1-11-2-4-12(5-3-11)13-6-8-14(9-7-13)18-10-19(15,16)17;1-11-2-6-13(7-3-11)14-8-4-12(5-9-14)10-18(15,16)17;1-10-2-4-11(5-3-10)17-12-6-8-13(9-7-12)18(14,15)16;1-10-2-4-11(5-3-10)12-6-8-13(9-7-12)17(14,15)16;/h2-11H,1H3,(H,16,17,18);2-5,8-11H,1H3,(H,16,17,18);2*2-9H,10H2,1H3,(H,15,16,17);2-9H,10H2,1H3,(H,15,16,17);2-9H,1H3,(H,14,15,16);2-9H,1H3,(H,14,15,16);. The molecule has 0 unspecified atom stereocenters. The van der Waals surface area contributed by atoms with Gasteiger partial charge in [-0.3, -0.25) is 31.9 Å². The summed E-state index contributed by atoms with van der Waals surface area (Å²) in [6.45, 7) is 14.1. The molecule has 0 amide bonds. The molecule has 0 heterocycles. The van der Waals surface area contributed by atoms with E-state index in [1.807, 2.05) is 255 Å². The van der Waals surface area contributed by atoms with Crippen LogP contribution in [0.5, 0.6) is 28.7 Å². The van der Waals surface area contributed by atoms with Gasteiger partial charge in [0.1, 0.15) is 40.3 Å². The van der Waals surface area contributed by atoms with Gasteiger partial charge in [-0.2, -0.15) is 58.9 Å². The molecule has 14 aromatic carbocycles. The quantitative estimate of drug-likeness (QED) is 0.0212. The van der Waals surface area contributed by atoms with E-state index in [9.17, 15) is 58.9 Å². The van der Waals surface area contributed by atoms with Crippen LogP contribution in [0.1, 0.15) is 72.3 Å². The number of hydrogen-bond donors (Lipinski definition) is 7. The maximum Gasteiger partial charge on any atom is 0.300 e. The molecule has 0 aliphatic rings. The molecule has 0 spiro atoms. The van der Waals surface area contributed by atoms with Crippen LogP contribution in [0, 0.1) is 109 Å². The number of hydrogen-bond acceptors (Lipinski definition) is 17. The Labute approximate surface area is 800 Å². The van der Waals surface area contributed by atoms with Gasteiger partial charge in [0.05, 0.1) is 19.6 Å². The minimum absolute atomic E-state index is 0. The summed E-state index contributed by atoms with van der Waals surface area (Å²) in [6.07, 6.45) is 3.83. The second-order valence-electron chi connectivity index (χ2n) is 28.9. The molecule has 14 aromatic rings. The van der Waals surface area contributed by atoms with E-state index in [2.05, 4.69) is 11.8 Å². The zero-order chi connectivity index (χ0) is 94.3. The van der Waals surface area contributed by atoms with Crippen LogP contribution in [0.25, 0.3) is 45.5 Å². The normalized spacial score (nSPS) is 11.2. The van der Waals surface area contributed by atoms with E-state index in [4.69, 9.17) is 46.1 Å². The van der Waals surface area contributed by atoms with Crippen LogP contribution in [-0.4, -0.2) is 96.7 Å². The van der Waals surface area contributed by atoms with Gasteiger partial charge in [0, 0.05) is 60.0 Å². The smallest absolute Gasteiger partial charge is 0.300 e. The van der Waals surface area contributed by atoms with E-state index < -0.39 is 82.5 Å². The summed E-state index contributed by atoms with van der Waals surface area (Å²) in [4.78, 5) is -0.472. The average Bonchev–Trinajstić information content (AvgIpc) is 1.74. The summed E-state index contributed by atoms with van der Waals surface area (Å²) in [6, 6.07) is 99.3. The Bertz CT molecular complexity index is 6980. The van der Waals surface area contributed by atoms with Gasteiger partial charge in [0.15, 0.2) is 0 Å². The van der Waals surface area contributed by atoms with E-state index in [1.165, 1.54) is 88.5 Å². The van der Waals surface area contributed by atoms with Crippen molar-refractivity contribution < 1.29 is 154 Å². The molecule has 0 aliphatic heterocycles. The first-order chi connectivity index (χ1) is 60.6. The fourth-order valence-corrected chi connectivity index (χ4v) is 14.5. The van der Waals surface area contributed by atoms with Crippen LogP contribution in [0.2, 0.25) is 0 Å². The maximum atomic E-state index is 10.9. The predicted octanol–water partition coefficient (Wildman–Crippen LogP) is 21.1. The average molecular weight is 2010 g/mol. The van der Waals surface area contributed by atoms with Crippen LogP contribution < -0.4 is 14.2 Å². The van der Waals surface area contributed by atoms with E-state index >= 15 is 0 Å². The first-order valence-electron chi connectivity index (χ1n) is 38.7. The number of benzene rings is 14. The summed E-state index contributed by atoms with van der Waals surface area (Å²) in [7, 11) is -28.6.